The first-order valence-corrected chi connectivity index (χ1v) is 9.32. The molecule has 0 aliphatic rings. The summed E-state index contributed by atoms with van der Waals surface area (Å²) in [6, 6.07) is 18.3. The number of benzene rings is 2. The summed E-state index contributed by atoms with van der Waals surface area (Å²) in [5, 5.41) is 3.12. The molecule has 0 heterocycles. The highest BCUT2D eigenvalue weighted by Gasteiger charge is 2.18. The maximum Gasteiger partial charge on any atom is 0.251 e. The molecule has 26 heavy (non-hydrogen) atoms. The minimum atomic E-state index is -0.0341. The summed E-state index contributed by atoms with van der Waals surface area (Å²) in [7, 11) is 1.66. The molecule has 2 rings (SSSR count). The van der Waals surface area contributed by atoms with Gasteiger partial charge in [-0.25, -0.2) is 0 Å². The molecule has 1 N–H and O–H groups in total. The molecular weight excluding hydrogens is 324 g/mol. The minimum absolute atomic E-state index is 0.0341. The summed E-state index contributed by atoms with van der Waals surface area (Å²) in [5.41, 5.74) is 2.98. The number of amides is 1. The van der Waals surface area contributed by atoms with Crippen molar-refractivity contribution in [3.63, 3.8) is 0 Å². The van der Waals surface area contributed by atoms with E-state index >= 15 is 0 Å². The zero-order chi connectivity index (χ0) is 18.8. The van der Waals surface area contributed by atoms with Gasteiger partial charge in [0.25, 0.3) is 5.91 Å². The average Bonchev–Trinajstić information content (AvgIpc) is 2.68. The molecule has 0 aromatic heterocycles. The van der Waals surface area contributed by atoms with Gasteiger partial charge in [0.2, 0.25) is 0 Å². The highest BCUT2D eigenvalue weighted by atomic mass is 16.5. The fourth-order valence-corrected chi connectivity index (χ4v) is 3.24. The highest BCUT2D eigenvalue weighted by molar-refractivity contribution is 5.94. The molecule has 1 amide bonds. The minimum Gasteiger partial charge on any atom is -0.380 e. The van der Waals surface area contributed by atoms with E-state index < -0.39 is 0 Å². The second-order valence-electron chi connectivity index (χ2n) is 6.41. The van der Waals surface area contributed by atoms with E-state index in [1.165, 1.54) is 5.56 Å². The first kappa shape index (κ1) is 20.1. The lowest BCUT2D eigenvalue weighted by molar-refractivity contribution is 0.0934. The maximum absolute atomic E-state index is 12.6. The Hall–Kier alpha value is -2.17. The van der Waals surface area contributed by atoms with Gasteiger partial charge < -0.3 is 10.1 Å². The molecular formula is C22H30N2O2. The molecule has 0 saturated heterocycles. The van der Waals surface area contributed by atoms with Crippen molar-refractivity contribution in [2.24, 2.45) is 0 Å². The molecule has 0 aliphatic heterocycles. The fourth-order valence-electron chi connectivity index (χ4n) is 3.24. The third-order valence-electron chi connectivity index (χ3n) is 4.64. The first-order valence-electron chi connectivity index (χ1n) is 9.32. The van der Waals surface area contributed by atoms with E-state index in [4.69, 9.17) is 4.74 Å². The van der Waals surface area contributed by atoms with Crippen molar-refractivity contribution >= 4 is 5.91 Å². The number of hydrogen-bond acceptors (Lipinski definition) is 3. The second kappa shape index (κ2) is 10.7. The Labute approximate surface area is 157 Å². The SMILES string of the molecule is CCN(CC)[C@@H](CNC(=O)c1cccc(COC)c1)Cc1ccccc1. The van der Waals surface area contributed by atoms with Crippen LogP contribution < -0.4 is 5.32 Å². The predicted octanol–water partition coefficient (Wildman–Crippen LogP) is 3.52. The van der Waals surface area contributed by atoms with Crippen molar-refractivity contribution in [1.82, 2.24) is 10.2 Å². The molecule has 0 radical (unpaired) electrons. The number of likely N-dealkylation sites (N-methyl/N-ethyl adjacent to an activating group) is 1. The van der Waals surface area contributed by atoms with E-state index in [1.807, 2.05) is 30.3 Å². The lowest BCUT2D eigenvalue weighted by Crippen LogP contribution is -2.45. The molecule has 2 aromatic carbocycles. The molecule has 1 atom stereocenters. The van der Waals surface area contributed by atoms with Crippen LogP contribution >= 0.6 is 0 Å². The van der Waals surface area contributed by atoms with Crippen LogP contribution in [0.5, 0.6) is 0 Å². The molecule has 4 nitrogen and oxygen atoms in total. The van der Waals surface area contributed by atoms with Gasteiger partial charge in [-0.1, -0.05) is 56.3 Å². The smallest absolute Gasteiger partial charge is 0.251 e. The van der Waals surface area contributed by atoms with E-state index in [9.17, 15) is 4.79 Å². The maximum atomic E-state index is 12.6. The third-order valence-corrected chi connectivity index (χ3v) is 4.64. The second-order valence-corrected chi connectivity index (χ2v) is 6.41. The van der Waals surface area contributed by atoms with Gasteiger partial charge in [-0.15, -0.1) is 0 Å². The summed E-state index contributed by atoms with van der Waals surface area (Å²) in [6.45, 7) is 7.40. The van der Waals surface area contributed by atoms with Crippen LogP contribution in [0.25, 0.3) is 0 Å². The standard InChI is InChI=1S/C22H30N2O2/c1-4-24(5-2)21(15-18-10-7-6-8-11-18)16-23-22(25)20-13-9-12-19(14-20)17-26-3/h6-14,21H,4-5,15-17H2,1-3H3,(H,23,25)/t21-/m1/s1. The first-order chi connectivity index (χ1) is 12.7. The Bertz CT molecular complexity index is 669. The van der Waals surface area contributed by atoms with Gasteiger partial charge >= 0.3 is 0 Å². The Kier molecular flexibility index (Phi) is 8.32. The van der Waals surface area contributed by atoms with Crippen LogP contribution in [-0.4, -0.2) is 43.6 Å². The van der Waals surface area contributed by atoms with E-state index in [-0.39, 0.29) is 11.9 Å². The fraction of sp³-hybridized carbons (Fsp3) is 0.409. The Balaban J connectivity index is 2.03. The van der Waals surface area contributed by atoms with Gasteiger partial charge in [0.1, 0.15) is 0 Å². The number of nitrogens with zero attached hydrogens (tertiary/aromatic N) is 1. The van der Waals surface area contributed by atoms with Crippen LogP contribution in [0.15, 0.2) is 54.6 Å². The monoisotopic (exact) mass is 354 g/mol. The summed E-state index contributed by atoms with van der Waals surface area (Å²) >= 11 is 0. The molecule has 140 valence electrons. The Morgan fingerprint density at radius 3 is 2.38 bits per heavy atom. The normalized spacial score (nSPS) is 12.2. The van der Waals surface area contributed by atoms with E-state index in [2.05, 4.69) is 48.3 Å². The molecule has 0 aliphatic carbocycles. The van der Waals surface area contributed by atoms with Crippen molar-refractivity contribution in [3.8, 4) is 0 Å². The number of rotatable bonds is 10. The predicted molar refractivity (Wildman–Crippen MR) is 106 cm³/mol. The number of nitrogens with one attached hydrogen (secondary N) is 1. The Morgan fingerprint density at radius 1 is 1.04 bits per heavy atom. The topological polar surface area (TPSA) is 41.6 Å². The van der Waals surface area contributed by atoms with E-state index in [0.29, 0.717) is 18.7 Å². The molecule has 0 unspecified atom stereocenters. The van der Waals surface area contributed by atoms with Crippen LogP contribution in [0.1, 0.15) is 35.3 Å². The highest BCUT2D eigenvalue weighted by Crippen LogP contribution is 2.10. The molecule has 0 fully saturated rings. The summed E-state index contributed by atoms with van der Waals surface area (Å²) in [4.78, 5) is 15.0. The number of carbonyl (C=O) groups is 1. The lowest BCUT2D eigenvalue weighted by Gasteiger charge is -2.30. The van der Waals surface area contributed by atoms with E-state index in [0.717, 1.165) is 25.1 Å². The van der Waals surface area contributed by atoms with Gasteiger partial charge in [0.15, 0.2) is 0 Å². The number of carbonyl (C=O) groups excluding carboxylic acids is 1. The molecule has 0 spiro atoms. The van der Waals surface area contributed by atoms with Crippen molar-refractivity contribution in [1.29, 1.82) is 0 Å². The zero-order valence-corrected chi connectivity index (χ0v) is 16.1. The van der Waals surface area contributed by atoms with Crippen molar-refractivity contribution in [2.75, 3.05) is 26.7 Å². The number of ether oxygens (including phenoxy) is 1. The molecule has 0 bridgehead atoms. The van der Waals surface area contributed by atoms with Crippen molar-refractivity contribution < 1.29 is 9.53 Å². The van der Waals surface area contributed by atoms with E-state index in [1.54, 1.807) is 7.11 Å². The third kappa shape index (κ3) is 5.97. The number of methoxy groups -OCH3 is 1. The number of hydrogen-bond donors (Lipinski definition) is 1. The van der Waals surface area contributed by atoms with Gasteiger partial charge in [-0.2, -0.15) is 0 Å². The van der Waals surface area contributed by atoms with Crippen LogP contribution in [0.2, 0.25) is 0 Å². The summed E-state index contributed by atoms with van der Waals surface area (Å²) in [5.74, 6) is -0.0341. The molecule has 2 aromatic rings. The summed E-state index contributed by atoms with van der Waals surface area (Å²) < 4.78 is 5.15. The largest absolute Gasteiger partial charge is 0.380 e. The average molecular weight is 354 g/mol. The molecule has 0 saturated carbocycles. The van der Waals surface area contributed by atoms with Crippen LogP contribution in [0.3, 0.4) is 0 Å². The van der Waals surface area contributed by atoms with Crippen LogP contribution in [0.4, 0.5) is 0 Å². The van der Waals surface area contributed by atoms with Crippen molar-refractivity contribution in [2.45, 2.75) is 32.9 Å². The molecule has 4 heteroatoms. The van der Waals surface area contributed by atoms with Crippen LogP contribution in [-0.2, 0) is 17.8 Å². The lowest BCUT2D eigenvalue weighted by atomic mass is 10.0. The van der Waals surface area contributed by atoms with Crippen LogP contribution in [0, 0.1) is 0 Å². The van der Waals surface area contributed by atoms with Gasteiger partial charge in [-0.05, 0) is 42.8 Å². The zero-order valence-electron chi connectivity index (χ0n) is 16.1. The Morgan fingerprint density at radius 2 is 1.73 bits per heavy atom. The van der Waals surface area contributed by atoms with Crippen molar-refractivity contribution in [3.05, 3.63) is 71.3 Å². The van der Waals surface area contributed by atoms with Gasteiger partial charge in [0.05, 0.1) is 6.61 Å². The quantitative estimate of drug-likeness (QED) is 0.710. The van der Waals surface area contributed by atoms with Gasteiger partial charge in [-0.3, -0.25) is 9.69 Å². The van der Waals surface area contributed by atoms with Gasteiger partial charge in [0, 0.05) is 25.3 Å². The summed E-state index contributed by atoms with van der Waals surface area (Å²) in [6.07, 6.45) is 0.923.